The van der Waals surface area contributed by atoms with E-state index in [4.69, 9.17) is 9.15 Å². The normalized spacial score (nSPS) is 10.4. The lowest BCUT2D eigenvalue weighted by Gasteiger charge is -2.08. The number of hydrogen-bond donors (Lipinski definition) is 2. The van der Waals surface area contributed by atoms with Crippen molar-refractivity contribution in [2.75, 3.05) is 6.61 Å². The first-order valence-electron chi connectivity index (χ1n) is 8.83. The molecule has 0 bridgehead atoms. The molecule has 0 aliphatic rings. The number of carbonyl (C=O) groups excluding carboxylic acids is 3. The smallest absolute Gasteiger partial charge is 0.338 e. The number of aryl methyl sites for hydroxylation is 2. The number of ether oxygens (including phenoxy) is 1. The third kappa shape index (κ3) is 5.32. The average molecular weight is 396 g/mol. The van der Waals surface area contributed by atoms with Crippen LogP contribution in [0.5, 0.6) is 0 Å². The zero-order valence-electron chi connectivity index (χ0n) is 16.0. The minimum absolute atomic E-state index is 0.132. The summed E-state index contributed by atoms with van der Waals surface area (Å²) in [6, 6.07) is 11.2. The van der Waals surface area contributed by atoms with Crippen molar-refractivity contribution < 1.29 is 23.5 Å². The number of nitrogens with one attached hydrogen (secondary N) is 2. The van der Waals surface area contributed by atoms with Gasteiger partial charge >= 0.3 is 12.0 Å². The molecule has 2 N–H and O–H groups in total. The minimum Gasteiger partial charge on any atom is -0.467 e. The number of rotatable bonds is 6. The molecule has 0 radical (unpaired) electrons. The number of nitrogens with zero attached hydrogens (tertiary/aromatic N) is 2. The first-order chi connectivity index (χ1) is 13.9. The molecule has 3 amide bonds. The highest BCUT2D eigenvalue weighted by atomic mass is 16.5. The van der Waals surface area contributed by atoms with Crippen LogP contribution in [0.1, 0.15) is 27.5 Å². The van der Waals surface area contributed by atoms with Gasteiger partial charge in [0.25, 0.3) is 5.91 Å². The number of urea groups is 1. The number of aromatic nitrogens is 2. The fourth-order valence-electron chi connectivity index (χ4n) is 2.63. The van der Waals surface area contributed by atoms with E-state index in [1.54, 1.807) is 41.1 Å². The molecular weight excluding hydrogens is 376 g/mol. The molecule has 0 aliphatic carbocycles. The predicted molar refractivity (Wildman–Crippen MR) is 102 cm³/mol. The Morgan fingerprint density at radius 2 is 1.90 bits per heavy atom. The molecule has 0 fully saturated rings. The molecule has 150 valence electrons. The van der Waals surface area contributed by atoms with E-state index in [9.17, 15) is 14.4 Å². The van der Waals surface area contributed by atoms with E-state index >= 15 is 0 Å². The second-order valence-corrected chi connectivity index (χ2v) is 6.27. The van der Waals surface area contributed by atoms with Crippen molar-refractivity contribution >= 4 is 17.9 Å². The Bertz CT molecular complexity index is 1010. The quantitative estimate of drug-likeness (QED) is 0.618. The molecule has 2 heterocycles. The van der Waals surface area contributed by atoms with Gasteiger partial charge in [-0.2, -0.15) is 5.10 Å². The third-order valence-corrected chi connectivity index (χ3v) is 3.95. The summed E-state index contributed by atoms with van der Waals surface area (Å²) in [6.07, 6.45) is 1.48. The van der Waals surface area contributed by atoms with Crippen LogP contribution in [-0.4, -0.2) is 34.3 Å². The Balaban J connectivity index is 1.46. The summed E-state index contributed by atoms with van der Waals surface area (Å²) in [5, 5.41) is 8.90. The Morgan fingerprint density at radius 1 is 1.14 bits per heavy atom. The molecular formula is C20H20N4O5. The monoisotopic (exact) mass is 396 g/mol. The van der Waals surface area contributed by atoms with Crippen molar-refractivity contribution in [2.24, 2.45) is 0 Å². The number of esters is 1. The molecule has 0 spiro atoms. The third-order valence-electron chi connectivity index (χ3n) is 3.95. The molecule has 3 rings (SSSR count). The Labute approximate surface area is 166 Å². The number of benzene rings is 1. The lowest BCUT2D eigenvalue weighted by Crippen LogP contribution is -2.41. The van der Waals surface area contributed by atoms with E-state index in [1.165, 1.54) is 6.26 Å². The number of imide groups is 1. The average Bonchev–Trinajstić information content (AvgIpc) is 3.33. The fourth-order valence-corrected chi connectivity index (χ4v) is 2.63. The Morgan fingerprint density at radius 3 is 2.52 bits per heavy atom. The first-order valence-corrected chi connectivity index (χ1v) is 8.83. The molecule has 0 atom stereocenters. The van der Waals surface area contributed by atoms with Crippen LogP contribution < -0.4 is 10.6 Å². The second kappa shape index (κ2) is 8.87. The van der Waals surface area contributed by atoms with Gasteiger partial charge in [0.1, 0.15) is 5.76 Å². The van der Waals surface area contributed by atoms with Gasteiger partial charge in [-0.3, -0.25) is 10.1 Å². The van der Waals surface area contributed by atoms with Gasteiger partial charge in [-0.25, -0.2) is 14.3 Å². The molecule has 9 heteroatoms. The first kappa shape index (κ1) is 19.9. The number of amides is 3. The maximum Gasteiger partial charge on any atom is 0.338 e. The van der Waals surface area contributed by atoms with Crippen LogP contribution in [0.25, 0.3) is 5.69 Å². The molecule has 9 nitrogen and oxygen atoms in total. The van der Waals surface area contributed by atoms with E-state index in [-0.39, 0.29) is 12.1 Å². The fraction of sp³-hybridized carbons (Fsp3) is 0.200. The van der Waals surface area contributed by atoms with Crippen molar-refractivity contribution in [1.29, 1.82) is 0 Å². The van der Waals surface area contributed by atoms with Gasteiger partial charge in [-0.1, -0.05) is 0 Å². The Kier molecular flexibility index (Phi) is 6.08. The lowest BCUT2D eigenvalue weighted by atomic mass is 10.2. The molecule has 0 aliphatic heterocycles. The number of carbonyl (C=O) groups is 3. The van der Waals surface area contributed by atoms with Crippen molar-refractivity contribution in [1.82, 2.24) is 20.4 Å². The van der Waals surface area contributed by atoms with Crippen LogP contribution >= 0.6 is 0 Å². The van der Waals surface area contributed by atoms with Gasteiger partial charge in [0, 0.05) is 5.69 Å². The van der Waals surface area contributed by atoms with Crippen LogP contribution in [0.4, 0.5) is 4.79 Å². The highest BCUT2D eigenvalue weighted by molar-refractivity contribution is 5.97. The summed E-state index contributed by atoms with van der Waals surface area (Å²) in [5.74, 6) is -0.867. The van der Waals surface area contributed by atoms with Gasteiger partial charge in [0.2, 0.25) is 0 Å². The van der Waals surface area contributed by atoms with E-state index in [1.807, 2.05) is 19.9 Å². The van der Waals surface area contributed by atoms with Crippen LogP contribution in [0, 0.1) is 13.8 Å². The van der Waals surface area contributed by atoms with E-state index < -0.39 is 24.5 Å². The molecule has 0 unspecified atom stereocenters. The molecule has 1 aromatic carbocycles. The second-order valence-electron chi connectivity index (χ2n) is 6.27. The summed E-state index contributed by atoms with van der Waals surface area (Å²) in [4.78, 5) is 35.5. The molecule has 0 saturated carbocycles. The van der Waals surface area contributed by atoms with Crippen LogP contribution in [0.3, 0.4) is 0 Å². The van der Waals surface area contributed by atoms with E-state index in [0.29, 0.717) is 5.76 Å². The Hall–Kier alpha value is -3.88. The highest BCUT2D eigenvalue weighted by Crippen LogP contribution is 2.13. The van der Waals surface area contributed by atoms with Crippen LogP contribution in [-0.2, 0) is 16.1 Å². The summed E-state index contributed by atoms with van der Waals surface area (Å²) >= 11 is 0. The van der Waals surface area contributed by atoms with Crippen LogP contribution in [0.15, 0.2) is 53.1 Å². The SMILES string of the molecule is Cc1cc(C)n(-c2ccc(C(=O)OCC(=O)NC(=O)NCc3ccco3)cc2)n1. The summed E-state index contributed by atoms with van der Waals surface area (Å²) in [6.45, 7) is 3.39. The number of hydrogen-bond acceptors (Lipinski definition) is 6. The number of furan rings is 1. The molecule has 3 aromatic rings. The molecule has 29 heavy (non-hydrogen) atoms. The van der Waals surface area contributed by atoms with Crippen molar-refractivity contribution in [3.63, 3.8) is 0 Å². The standard InChI is InChI=1S/C20H20N4O5/c1-13-10-14(2)24(23-13)16-7-5-15(6-8-16)19(26)29-12-18(25)22-20(27)21-11-17-4-3-9-28-17/h3-10H,11-12H2,1-2H3,(H2,21,22,25,27). The zero-order valence-corrected chi connectivity index (χ0v) is 16.0. The van der Waals surface area contributed by atoms with E-state index in [2.05, 4.69) is 15.7 Å². The topological polar surface area (TPSA) is 115 Å². The van der Waals surface area contributed by atoms with Crippen molar-refractivity contribution in [3.8, 4) is 5.69 Å². The van der Waals surface area contributed by atoms with Crippen molar-refractivity contribution in [2.45, 2.75) is 20.4 Å². The maximum absolute atomic E-state index is 12.1. The van der Waals surface area contributed by atoms with Gasteiger partial charge in [0.15, 0.2) is 6.61 Å². The van der Waals surface area contributed by atoms with Gasteiger partial charge in [0.05, 0.1) is 29.8 Å². The maximum atomic E-state index is 12.1. The predicted octanol–water partition coefficient (Wildman–Crippen LogP) is 2.26. The zero-order chi connectivity index (χ0) is 20.8. The summed E-state index contributed by atoms with van der Waals surface area (Å²) in [7, 11) is 0. The summed E-state index contributed by atoms with van der Waals surface area (Å²) < 4.78 is 11.8. The van der Waals surface area contributed by atoms with Crippen molar-refractivity contribution in [3.05, 3.63) is 71.4 Å². The molecule has 0 saturated heterocycles. The lowest BCUT2D eigenvalue weighted by molar-refractivity contribution is -0.123. The van der Waals surface area contributed by atoms with Gasteiger partial charge < -0.3 is 14.5 Å². The largest absolute Gasteiger partial charge is 0.467 e. The van der Waals surface area contributed by atoms with Gasteiger partial charge in [-0.05, 0) is 56.3 Å². The molecule has 2 aromatic heterocycles. The van der Waals surface area contributed by atoms with Crippen LogP contribution in [0.2, 0.25) is 0 Å². The van der Waals surface area contributed by atoms with E-state index in [0.717, 1.165) is 17.1 Å². The minimum atomic E-state index is -0.741. The highest BCUT2D eigenvalue weighted by Gasteiger charge is 2.13. The van der Waals surface area contributed by atoms with Gasteiger partial charge in [-0.15, -0.1) is 0 Å². The summed E-state index contributed by atoms with van der Waals surface area (Å²) in [5.41, 5.74) is 2.95.